The molecule has 0 radical (unpaired) electrons. The number of carbonyl (C=O) groups excluding carboxylic acids is 4. The zero-order valence-electron chi connectivity index (χ0n) is 15.5. The standard InChI is InChI=1S/C21H24N2O4/c1-12(13-3-2-4-13)22-20(26)14-5-7-17-15(9-14)11-23(21(17)27)18-8-6-16(24)10-19(18)25/h5,7,9,12-13,18H,2-4,6,8,10-11H2,1H3,(H,22,26)/t12-,18?/m0/s1. The number of benzene rings is 1. The lowest BCUT2D eigenvalue weighted by atomic mass is 9.80. The third-order valence-corrected chi connectivity index (χ3v) is 6.23. The molecule has 1 aliphatic heterocycles. The molecule has 3 aliphatic rings. The molecule has 2 fully saturated rings. The average molecular weight is 368 g/mol. The first-order valence-electron chi connectivity index (χ1n) is 9.73. The third-order valence-electron chi connectivity index (χ3n) is 6.23. The van der Waals surface area contributed by atoms with E-state index in [-0.39, 0.29) is 35.8 Å². The second-order valence-corrected chi connectivity index (χ2v) is 7.99. The molecule has 6 nitrogen and oxygen atoms in total. The van der Waals surface area contributed by atoms with Gasteiger partial charge in [-0.2, -0.15) is 0 Å². The predicted octanol–water partition coefficient (Wildman–Crippen LogP) is 2.25. The van der Waals surface area contributed by atoms with Crippen molar-refractivity contribution in [2.24, 2.45) is 5.92 Å². The Hall–Kier alpha value is -2.50. The number of fused-ring (bicyclic) bond motifs is 1. The molecule has 2 aliphatic carbocycles. The summed E-state index contributed by atoms with van der Waals surface area (Å²) < 4.78 is 0. The number of hydrogen-bond donors (Lipinski definition) is 1. The van der Waals surface area contributed by atoms with Crippen molar-refractivity contribution in [3.8, 4) is 0 Å². The largest absolute Gasteiger partial charge is 0.349 e. The van der Waals surface area contributed by atoms with E-state index in [0.717, 1.165) is 18.4 Å². The first-order valence-corrected chi connectivity index (χ1v) is 9.73. The number of nitrogens with zero attached hydrogens (tertiary/aromatic N) is 1. The van der Waals surface area contributed by atoms with E-state index in [2.05, 4.69) is 5.32 Å². The lowest BCUT2D eigenvalue weighted by Gasteiger charge is -2.31. The van der Waals surface area contributed by atoms with Gasteiger partial charge in [-0.15, -0.1) is 0 Å². The highest BCUT2D eigenvalue weighted by Gasteiger charge is 2.39. The van der Waals surface area contributed by atoms with Crippen LogP contribution in [-0.2, 0) is 16.1 Å². The summed E-state index contributed by atoms with van der Waals surface area (Å²) in [5.41, 5.74) is 1.86. The Kier molecular flexibility index (Phi) is 4.58. The molecule has 2 saturated carbocycles. The minimum atomic E-state index is -0.529. The van der Waals surface area contributed by atoms with Crippen LogP contribution in [0.1, 0.15) is 71.7 Å². The van der Waals surface area contributed by atoms with Crippen LogP contribution in [-0.4, -0.2) is 40.4 Å². The van der Waals surface area contributed by atoms with Gasteiger partial charge in [0.05, 0.1) is 12.5 Å². The Morgan fingerprint density at radius 3 is 2.63 bits per heavy atom. The Balaban J connectivity index is 1.48. The summed E-state index contributed by atoms with van der Waals surface area (Å²) in [6, 6.07) is 4.73. The number of rotatable bonds is 4. The summed E-state index contributed by atoms with van der Waals surface area (Å²) in [6.07, 6.45) is 4.19. The van der Waals surface area contributed by atoms with Gasteiger partial charge in [-0.1, -0.05) is 6.42 Å². The summed E-state index contributed by atoms with van der Waals surface area (Å²) in [7, 11) is 0. The molecule has 0 bridgehead atoms. The number of carbonyl (C=O) groups is 4. The highest BCUT2D eigenvalue weighted by Crippen LogP contribution is 2.31. The Morgan fingerprint density at radius 1 is 1.19 bits per heavy atom. The molecular weight excluding hydrogens is 344 g/mol. The van der Waals surface area contributed by atoms with Gasteiger partial charge in [0.2, 0.25) is 0 Å². The molecule has 1 heterocycles. The normalized spacial score (nSPS) is 23.8. The minimum Gasteiger partial charge on any atom is -0.349 e. The quantitative estimate of drug-likeness (QED) is 0.826. The predicted molar refractivity (Wildman–Crippen MR) is 98.2 cm³/mol. The van der Waals surface area contributed by atoms with Crippen LogP contribution in [0.15, 0.2) is 18.2 Å². The van der Waals surface area contributed by atoms with Crippen molar-refractivity contribution in [1.82, 2.24) is 10.2 Å². The van der Waals surface area contributed by atoms with Crippen LogP contribution in [0.4, 0.5) is 0 Å². The van der Waals surface area contributed by atoms with E-state index in [9.17, 15) is 19.2 Å². The topological polar surface area (TPSA) is 83.6 Å². The minimum absolute atomic E-state index is 0.0556. The van der Waals surface area contributed by atoms with Crippen LogP contribution < -0.4 is 5.32 Å². The Labute approximate surface area is 158 Å². The molecule has 2 atom stereocenters. The van der Waals surface area contributed by atoms with Crippen LogP contribution in [0.2, 0.25) is 0 Å². The van der Waals surface area contributed by atoms with Crippen molar-refractivity contribution < 1.29 is 19.2 Å². The highest BCUT2D eigenvalue weighted by molar-refractivity contribution is 6.08. The van der Waals surface area contributed by atoms with Gasteiger partial charge in [-0.25, -0.2) is 0 Å². The molecule has 1 unspecified atom stereocenters. The van der Waals surface area contributed by atoms with Gasteiger partial charge in [0, 0.05) is 30.1 Å². The first-order chi connectivity index (χ1) is 12.9. The summed E-state index contributed by atoms with van der Waals surface area (Å²) in [5.74, 6) is 0.00930. The molecule has 142 valence electrons. The van der Waals surface area contributed by atoms with Crippen molar-refractivity contribution in [3.05, 3.63) is 34.9 Å². The first kappa shape index (κ1) is 17.9. The lowest BCUT2D eigenvalue weighted by molar-refractivity contribution is -0.133. The summed E-state index contributed by atoms with van der Waals surface area (Å²) >= 11 is 0. The maximum Gasteiger partial charge on any atom is 0.255 e. The highest BCUT2D eigenvalue weighted by atomic mass is 16.2. The van der Waals surface area contributed by atoms with E-state index in [4.69, 9.17) is 0 Å². The second-order valence-electron chi connectivity index (χ2n) is 7.99. The number of nitrogens with one attached hydrogen (secondary N) is 1. The molecular formula is C21H24N2O4. The zero-order chi connectivity index (χ0) is 19.1. The average Bonchev–Trinajstić information content (AvgIpc) is 2.89. The van der Waals surface area contributed by atoms with Crippen molar-refractivity contribution in [1.29, 1.82) is 0 Å². The fraction of sp³-hybridized carbons (Fsp3) is 0.524. The van der Waals surface area contributed by atoms with Gasteiger partial charge < -0.3 is 10.2 Å². The molecule has 27 heavy (non-hydrogen) atoms. The molecule has 6 heteroatoms. The molecule has 1 aromatic rings. The van der Waals surface area contributed by atoms with Crippen LogP contribution in [0, 0.1) is 5.92 Å². The molecule has 4 rings (SSSR count). The van der Waals surface area contributed by atoms with Gasteiger partial charge in [0.15, 0.2) is 5.78 Å². The number of ketones is 2. The van der Waals surface area contributed by atoms with E-state index in [1.807, 2.05) is 6.92 Å². The van der Waals surface area contributed by atoms with Crippen LogP contribution in [0.25, 0.3) is 0 Å². The third kappa shape index (κ3) is 3.29. The van der Waals surface area contributed by atoms with Crippen molar-refractivity contribution in [2.75, 3.05) is 0 Å². The number of Topliss-reactive ketones (excluding diaryl/α,β-unsaturated/α-hetero) is 2. The van der Waals surface area contributed by atoms with Gasteiger partial charge in [0.1, 0.15) is 5.78 Å². The number of amides is 2. The summed E-state index contributed by atoms with van der Waals surface area (Å²) in [6.45, 7) is 2.36. The molecule has 2 amide bonds. The fourth-order valence-corrected chi connectivity index (χ4v) is 4.27. The van der Waals surface area contributed by atoms with Crippen molar-refractivity contribution in [2.45, 2.75) is 64.1 Å². The zero-order valence-corrected chi connectivity index (χ0v) is 15.5. The van der Waals surface area contributed by atoms with Gasteiger partial charge in [-0.3, -0.25) is 19.2 Å². The molecule has 0 aromatic heterocycles. The molecule has 1 N–H and O–H groups in total. The monoisotopic (exact) mass is 368 g/mol. The Morgan fingerprint density at radius 2 is 1.96 bits per heavy atom. The fourth-order valence-electron chi connectivity index (χ4n) is 4.27. The smallest absolute Gasteiger partial charge is 0.255 e. The van der Waals surface area contributed by atoms with Gasteiger partial charge in [0.25, 0.3) is 11.8 Å². The van der Waals surface area contributed by atoms with E-state index in [1.165, 1.54) is 6.42 Å². The van der Waals surface area contributed by atoms with Gasteiger partial charge in [-0.05, 0) is 55.9 Å². The number of hydrogen-bond acceptors (Lipinski definition) is 4. The van der Waals surface area contributed by atoms with Gasteiger partial charge >= 0.3 is 0 Å². The Bertz CT molecular complexity index is 827. The summed E-state index contributed by atoms with van der Waals surface area (Å²) in [4.78, 5) is 50.5. The van der Waals surface area contributed by atoms with Crippen LogP contribution in [0.5, 0.6) is 0 Å². The molecule has 0 saturated heterocycles. The maximum absolute atomic E-state index is 12.7. The summed E-state index contributed by atoms with van der Waals surface area (Å²) in [5, 5.41) is 3.06. The second kappa shape index (κ2) is 6.91. The SMILES string of the molecule is C[C@H](NC(=O)c1ccc2c(c1)CN(C1CCC(=O)CC1=O)C2=O)C1CCC1. The van der Waals surface area contributed by atoms with E-state index in [0.29, 0.717) is 36.4 Å². The van der Waals surface area contributed by atoms with Crippen LogP contribution in [0.3, 0.4) is 0 Å². The van der Waals surface area contributed by atoms with Crippen molar-refractivity contribution >= 4 is 23.4 Å². The van der Waals surface area contributed by atoms with E-state index >= 15 is 0 Å². The van der Waals surface area contributed by atoms with E-state index in [1.54, 1.807) is 23.1 Å². The van der Waals surface area contributed by atoms with Crippen LogP contribution >= 0.6 is 0 Å². The maximum atomic E-state index is 12.7. The van der Waals surface area contributed by atoms with Crippen molar-refractivity contribution in [3.63, 3.8) is 0 Å². The lowest BCUT2D eigenvalue weighted by Crippen LogP contribution is -2.44. The molecule has 0 spiro atoms. The molecule has 1 aromatic carbocycles. The van der Waals surface area contributed by atoms with E-state index < -0.39 is 6.04 Å².